The van der Waals surface area contributed by atoms with Crippen molar-refractivity contribution in [3.8, 4) is 11.5 Å². The molecule has 1 saturated carbocycles. The first-order chi connectivity index (χ1) is 24.1. The van der Waals surface area contributed by atoms with Crippen LogP contribution in [0.1, 0.15) is 94.7 Å². The summed E-state index contributed by atoms with van der Waals surface area (Å²) in [5.41, 5.74) is 5.12. The molecule has 2 atom stereocenters. The number of likely N-dealkylation sites (tertiary alicyclic amines) is 1. The zero-order valence-electron chi connectivity index (χ0n) is 28.8. The molecule has 6 aliphatic rings. The lowest BCUT2D eigenvalue weighted by Crippen LogP contribution is -2.54. The average Bonchev–Trinajstić information content (AvgIpc) is 3.69. The van der Waals surface area contributed by atoms with Crippen molar-refractivity contribution in [3.05, 3.63) is 64.3 Å². The SMILES string of the molecule is COc1cc(C2=CN(C)C(=O)N3CCCC23)cc(OC)c1CN1CCC2(CC1)CC(c1ccc3c(c1)C(=O)N(C1CCC(=O)NC1=O)C3=O)C2. The second-order valence-electron chi connectivity index (χ2n) is 14.8. The minimum atomic E-state index is -0.959. The first-order valence-corrected chi connectivity index (χ1v) is 17.7. The third-order valence-electron chi connectivity index (χ3n) is 12.0. The van der Waals surface area contributed by atoms with Crippen molar-refractivity contribution in [1.82, 2.24) is 24.9 Å². The molecule has 0 bridgehead atoms. The van der Waals surface area contributed by atoms with Crippen molar-refractivity contribution in [2.45, 2.75) is 75.9 Å². The predicted octanol–water partition coefficient (Wildman–Crippen LogP) is 4.14. The van der Waals surface area contributed by atoms with E-state index in [-0.39, 0.29) is 36.2 Å². The van der Waals surface area contributed by atoms with Gasteiger partial charge in [-0.15, -0.1) is 0 Å². The molecule has 5 heterocycles. The lowest BCUT2D eigenvalue weighted by Gasteiger charge is -2.52. The number of carbonyl (C=O) groups is 5. The summed E-state index contributed by atoms with van der Waals surface area (Å²) >= 11 is 0. The van der Waals surface area contributed by atoms with E-state index in [9.17, 15) is 24.0 Å². The van der Waals surface area contributed by atoms with Gasteiger partial charge in [0.15, 0.2) is 0 Å². The highest BCUT2D eigenvalue weighted by Gasteiger charge is 2.48. The van der Waals surface area contributed by atoms with Crippen molar-refractivity contribution >= 4 is 35.2 Å². The molecule has 1 N–H and O–H groups in total. The molecular weight excluding hydrogens is 638 g/mol. The molecule has 262 valence electrons. The summed E-state index contributed by atoms with van der Waals surface area (Å²) in [6.07, 6.45) is 8.35. The largest absolute Gasteiger partial charge is 0.496 e. The molecule has 8 rings (SSSR count). The highest BCUT2D eigenvalue weighted by molar-refractivity contribution is 6.23. The smallest absolute Gasteiger partial charge is 0.324 e. The number of urea groups is 1. The number of rotatable bonds is 7. The van der Waals surface area contributed by atoms with Crippen LogP contribution < -0.4 is 14.8 Å². The van der Waals surface area contributed by atoms with Crippen LogP contribution in [0.3, 0.4) is 0 Å². The Balaban J connectivity index is 0.917. The van der Waals surface area contributed by atoms with Crippen LogP contribution in [0.25, 0.3) is 5.57 Å². The van der Waals surface area contributed by atoms with Gasteiger partial charge in [-0.05, 0) is 110 Å². The van der Waals surface area contributed by atoms with Crippen LogP contribution >= 0.6 is 0 Å². The van der Waals surface area contributed by atoms with Gasteiger partial charge in [-0.25, -0.2) is 4.79 Å². The molecule has 1 aliphatic carbocycles. The Morgan fingerprint density at radius 2 is 1.56 bits per heavy atom. The first-order valence-electron chi connectivity index (χ1n) is 17.7. The van der Waals surface area contributed by atoms with E-state index in [4.69, 9.17) is 9.47 Å². The molecule has 5 aliphatic heterocycles. The Labute approximate surface area is 291 Å². The molecule has 0 radical (unpaired) electrons. The minimum absolute atomic E-state index is 0.0460. The molecular formula is C38H43N5O7. The van der Waals surface area contributed by atoms with Crippen molar-refractivity contribution in [2.75, 3.05) is 40.9 Å². The lowest BCUT2D eigenvalue weighted by molar-refractivity contribution is -0.136. The summed E-state index contributed by atoms with van der Waals surface area (Å²) in [6, 6.07) is 8.86. The van der Waals surface area contributed by atoms with Crippen molar-refractivity contribution in [1.29, 1.82) is 0 Å². The van der Waals surface area contributed by atoms with Gasteiger partial charge in [-0.1, -0.05) is 6.07 Å². The second-order valence-corrected chi connectivity index (χ2v) is 14.8. The fourth-order valence-corrected chi connectivity index (χ4v) is 9.23. The number of hydrogen-bond acceptors (Lipinski definition) is 8. The van der Waals surface area contributed by atoms with E-state index in [0.717, 1.165) is 96.8 Å². The Kier molecular flexibility index (Phi) is 7.97. The van der Waals surface area contributed by atoms with Gasteiger partial charge in [0.05, 0.1) is 37.0 Å². The van der Waals surface area contributed by atoms with Gasteiger partial charge in [0.2, 0.25) is 11.8 Å². The highest BCUT2D eigenvalue weighted by atomic mass is 16.5. The summed E-state index contributed by atoms with van der Waals surface area (Å²) in [6.45, 7) is 3.39. The Bertz CT molecular complexity index is 1810. The molecule has 0 aromatic heterocycles. The van der Waals surface area contributed by atoms with E-state index in [1.165, 1.54) is 0 Å². The standard InChI is InChI=1S/C38H43N5O7/c1-40-20-27(29-5-4-12-42(29)37(40)48)23-16-31(49-2)28(32(17-23)50-3)21-41-13-10-38(11-14-41)18-24(19-38)22-6-7-25-26(15-22)36(47)43(35(25)46)30-8-9-33(44)39-34(30)45/h6-7,15-17,20,24,29-30H,4-5,8-14,18-19,21H2,1-3H3,(H,39,44,45). The number of nitrogens with zero attached hydrogens (tertiary/aromatic N) is 4. The van der Waals surface area contributed by atoms with E-state index in [2.05, 4.69) is 22.3 Å². The Hall–Kier alpha value is -4.71. The first kappa shape index (κ1) is 32.5. The molecule has 1 spiro atoms. The maximum absolute atomic E-state index is 13.4. The van der Waals surface area contributed by atoms with E-state index in [1.54, 1.807) is 32.2 Å². The molecule has 12 nitrogen and oxygen atoms in total. The maximum Gasteiger partial charge on any atom is 0.324 e. The van der Waals surface area contributed by atoms with Gasteiger partial charge in [0, 0.05) is 32.8 Å². The summed E-state index contributed by atoms with van der Waals surface area (Å²) in [5, 5.41) is 2.25. The molecule has 12 heteroatoms. The number of benzene rings is 2. The van der Waals surface area contributed by atoms with Crippen LogP contribution in [0, 0.1) is 5.41 Å². The number of nitrogens with one attached hydrogen (secondary N) is 1. The quantitative estimate of drug-likeness (QED) is 0.432. The van der Waals surface area contributed by atoms with Crippen LogP contribution in [-0.4, -0.2) is 102 Å². The van der Waals surface area contributed by atoms with E-state index >= 15 is 0 Å². The van der Waals surface area contributed by atoms with Gasteiger partial charge in [0.1, 0.15) is 17.5 Å². The lowest BCUT2D eigenvalue weighted by atomic mass is 9.56. The molecule has 2 aromatic rings. The fraction of sp³-hybridized carbons (Fsp3) is 0.500. The number of amides is 6. The fourth-order valence-electron chi connectivity index (χ4n) is 9.23. The molecule has 2 aromatic carbocycles. The Morgan fingerprint density at radius 1 is 0.860 bits per heavy atom. The number of piperidine rings is 2. The van der Waals surface area contributed by atoms with Crippen LogP contribution in [0.5, 0.6) is 11.5 Å². The number of carbonyl (C=O) groups excluding carboxylic acids is 5. The predicted molar refractivity (Wildman–Crippen MR) is 182 cm³/mol. The molecule has 50 heavy (non-hydrogen) atoms. The minimum Gasteiger partial charge on any atom is -0.496 e. The summed E-state index contributed by atoms with van der Waals surface area (Å²) in [7, 11) is 5.20. The van der Waals surface area contributed by atoms with E-state index < -0.39 is 23.8 Å². The molecule has 2 unspecified atom stereocenters. The van der Waals surface area contributed by atoms with E-state index in [1.807, 2.05) is 23.2 Å². The van der Waals surface area contributed by atoms with Gasteiger partial charge in [-0.3, -0.25) is 34.3 Å². The number of fused-ring (bicyclic) bond motifs is 2. The average molecular weight is 682 g/mol. The number of hydrogen-bond donors (Lipinski definition) is 1. The topological polar surface area (TPSA) is 129 Å². The van der Waals surface area contributed by atoms with Crippen LogP contribution in [0.4, 0.5) is 4.79 Å². The van der Waals surface area contributed by atoms with Crippen molar-refractivity contribution in [3.63, 3.8) is 0 Å². The summed E-state index contributed by atoms with van der Waals surface area (Å²) in [4.78, 5) is 70.4. The number of methoxy groups -OCH3 is 2. The zero-order chi connectivity index (χ0) is 34.9. The second kappa shape index (κ2) is 12.3. The van der Waals surface area contributed by atoms with Gasteiger partial charge >= 0.3 is 6.03 Å². The summed E-state index contributed by atoms with van der Waals surface area (Å²) < 4.78 is 11.9. The van der Waals surface area contributed by atoms with Crippen molar-refractivity contribution in [2.24, 2.45) is 5.41 Å². The maximum atomic E-state index is 13.4. The Morgan fingerprint density at radius 3 is 2.24 bits per heavy atom. The summed E-state index contributed by atoms with van der Waals surface area (Å²) in [5.74, 6) is -0.0239. The van der Waals surface area contributed by atoms with Crippen molar-refractivity contribution < 1.29 is 33.4 Å². The van der Waals surface area contributed by atoms with Crippen LogP contribution in [0.15, 0.2) is 36.5 Å². The molecule has 4 fully saturated rings. The number of ether oxygens (including phenoxy) is 2. The van der Waals surface area contributed by atoms with Gasteiger partial charge in [0.25, 0.3) is 11.8 Å². The normalized spacial score (nSPS) is 25.1. The number of imide groups is 2. The molecule has 6 amide bonds. The third-order valence-corrected chi connectivity index (χ3v) is 12.0. The highest BCUT2D eigenvalue weighted by Crippen LogP contribution is 2.57. The zero-order valence-corrected chi connectivity index (χ0v) is 28.8. The van der Waals surface area contributed by atoms with Gasteiger partial charge in [-0.2, -0.15) is 0 Å². The van der Waals surface area contributed by atoms with Crippen LogP contribution in [-0.2, 0) is 16.1 Å². The third kappa shape index (κ3) is 5.26. The molecule has 3 saturated heterocycles. The monoisotopic (exact) mass is 681 g/mol. The van der Waals surface area contributed by atoms with E-state index in [0.29, 0.717) is 23.6 Å². The van der Waals surface area contributed by atoms with Crippen LogP contribution in [0.2, 0.25) is 0 Å². The van der Waals surface area contributed by atoms with Gasteiger partial charge < -0.3 is 19.3 Å².